The minimum Gasteiger partial charge on any atom is -0.392 e. The lowest BCUT2D eigenvalue weighted by atomic mass is 10.3. The fraction of sp³-hybridized carbons (Fsp3) is 0.667. The van der Waals surface area contributed by atoms with E-state index in [4.69, 9.17) is 11.5 Å². The maximum absolute atomic E-state index is 11.0. The fourth-order valence-electron chi connectivity index (χ4n) is 0.547. The molecule has 0 saturated heterocycles. The molecule has 0 rings (SSSR count). The molecule has 3 nitrogen and oxygen atoms in total. The zero-order chi connectivity index (χ0) is 10.3. The number of rotatable bonds is 5. The summed E-state index contributed by atoms with van der Waals surface area (Å²) in [6, 6.07) is 0. The predicted octanol–water partition coefficient (Wildman–Crippen LogP) is 0.238. The van der Waals surface area contributed by atoms with E-state index >= 15 is 0 Å². The number of carbonyl (C=O) groups is 1. The third-order valence-electron chi connectivity index (χ3n) is 1.54. The van der Waals surface area contributed by atoms with Gasteiger partial charge in [-0.25, -0.2) is 0 Å². The Labute approximate surface area is 83.3 Å². The summed E-state index contributed by atoms with van der Waals surface area (Å²) in [5.74, 6) is 2.57. The third-order valence-corrected chi connectivity index (χ3v) is 2.89. The van der Waals surface area contributed by atoms with E-state index in [0.717, 1.165) is 0 Å². The Kier molecular flexibility index (Phi) is 6.47. The number of amides is 1. The summed E-state index contributed by atoms with van der Waals surface area (Å²) in [5, 5.41) is 11.7. The van der Waals surface area contributed by atoms with Crippen LogP contribution in [-0.4, -0.2) is 34.7 Å². The van der Waals surface area contributed by atoms with Gasteiger partial charge in [0.2, 0.25) is 5.91 Å². The molecular formula is C9H15NO2S. The van der Waals surface area contributed by atoms with Gasteiger partial charge in [-0.2, -0.15) is 0 Å². The maximum atomic E-state index is 11.0. The number of hydrogen-bond acceptors (Lipinski definition) is 3. The first kappa shape index (κ1) is 12.3. The second-order valence-electron chi connectivity index (χ2n) is 2.74. The van der Waals surface area contributed by atoms with Gasteiger partial charge in [-0.1, -0.05) is 12.8 Å². The van der Waals surface area contributed by atoms with Gasteiger partial charge in [0.25, 0.3) is 0 Å². The highest BCUT2D eigenvalue weighted by atomic mass is 32.2. The summed E-state index contributed by atoms with van der Waals surface area (Å²) in [6.07, 6.45) is 4.57. The quantitative estimate of drug-likeness (QED) is 0.626. The third kappa shape index (κ3) is 6.50. The molecule has 0 aromatic carbocycles. The molecule has 0 heterocycles. The monoisotopic (exact) mass is 201 g/mol. The van der Waals surface area contributed by atoms with Gasteiger partial charge in [-0.3, -0.25) is 4.79 Å². The summed E-state index contributed by atoms with van der Waals surface area (Å²) < 4.78 is 0. The molecule has 0 aliphatic rings. The second kappa shape index (κ2) is 6.81. The van der Waals surface area contributed by atoms with Crippen molar-refractivity contribution in [3.05, 3.63) is 0 Å². The normalized spacial score (nSPS) is 14.3. The summed E-state index contributed by atoms with van der Waals surface area (Å²) in [6.45, 7) is 3.85. The number of thioether (sulfide) groups is 1. The van der Waals surface area contributed by atoms with Gasteiger partial charge in [-0.15, -0.1) is 18.2 Å². The van der Waals surface area contributed by atoms with Crippen LogP contribution in [0.2, 0.25) is 0 Å². The molecule has 74 valence electrons. The van der Waals surface area contributed by atoms with Crippen molar-refractivity contribution >= 4 is 17.7 Å². The zero-order valence-electron chi connectivity index (χ0n) is 7.91. The summed E-state index contributed by atoms with van der Waals surface area (Å²) in [7, 11) is 0. The molecule has 2 unspecified atom stereocenters. The van der Waals surface area contributed by atoms with Crippen LogP contribution in [0.5, 0.6) is 0 Å². The van der Waals surface area contributed by atoms with Crippen molar-refractivity contribution < 1.29 is 9.90 Å². The van der Waals surface area contributed by atoms with Crippen molar-refractivity contribution in [2.75, 3.05) is 12.3 Å². The van der Waals surface area contributed by atoms with E-state index in [1.165, 1.54) is 11.8 Å². The highest BCUT2D eigenvalue weighted by molar-refractivity contribution is 8.00. The van der Waals surface area contributed by atoms with Crippen LogP contribution in [0.25, 0.3) is 0 Å². The van der Waals surface area contributed by atoms with Gasteiger partial charge in [-0.05, 0) is 6.92 Å². The fourth-order valence-corrected chi connectivity index (χ4v) is 1.34. The molecule has 0 aliphatic carbocycles. The van der Waals surface area contributed by atoms with E-state index < -0.39 is 6.10 Å². The van der Waals surface area contributed by atoms with Gasteiger partial charge in [0, 0.05) is 5.25 Å². The summed E-state index contributed by atoms with van der Waals surface area (Å²) in [5.41, 5.74) is 0. The second-order valence-corrected chi connectivity index (χ2v) is 4.10. The first-order valence-corrected chi connectivity index (χ1v) is 5.12. The molecule has 0 aromatic heterocycles. The topological polar surface area (TPSA) is 49.3 Å². The number of terminal acetylenes is 1. The number of nitrogens with one attached hydrogen (secondary N) is 1. The van der Waals surface area contributed by atoms with Gasteiger partial charge in [0.15, 0.2) is 0 Å². The zero-order valence-corrected chi connectivity index (χ0v) is 8.73. The number of aliphatic hydroxyl groups excluding tert-OH is 1. The molecule has 0 aliphatic heterocycles. The minimum absolute atomic E-state index is 0.0663. The Morgan fingerprint density at radius 3 is 2.77 bits per heavy atom. The van der Waals surface area contributed by atoms with E-state index in [1.807, 2.05) is 6.92 Å². The lowest BCUT2D eigenvalue weighted by Gasteiger charge is -2.13. The van der Waals surface area contributed by atoms with Crippen LogP contribution in [0.3, 0.4) is 0 Å². The van der Waals surface area contributed by atoms with Crippen molar-refractivity contribution in [1.29, 1.82) is 0 Å². The van der Waals surface area contributed by atoms with Gasteiger partial charge < -0.3 is 10.4 Å². The summed E-state index contributed by atoms with van der Waals surface area (Å²) in [4.78, 5) is 11.0. The van der Waals surface area contributed by atoms with E-state index in [0.29, 0.717) is 5.75 Å². The summed E-state index contributed by atoms with van der Waals surface area (Å²) >= 11 is 1.41. The van der Waals surface area contributed by atoms with E-state index in [-0.39, 0.29) is 17.7 Å². The van der Waals surface area contributed by atoms with Crippen LogP contribution in [-0.2, 0) is 4.79 Å². The van der Waals surface area contributed by atoms with Crippen molar-refractivity contribution in [2.24, 2.45) is 0 Å². The van der Waals surface area contributed by atoms with Crippen LogP contribution in [0.1, 0.15) is 13.8 Å². The minimum atomic E-state index is -0.398. The van der Waals surface area contributed by atoms with Crippen molar-refractivity contribution in [3.63, 3.8) is 0 Å². The molecule has 0 fully saturated rings. The maximum Gasteiger partial charge on any atom is 0.230 e. The van der Waals surface area contributed by atoms with Crippen molar-refractivity contribution in [1.82, 2.24) is 5.32 Å². The Morgan fingerprint density at radius 2 is 2.31 bits per heavy atom. The van der Waals surface area contributed by atoms with Crippen molar-refractivity contribution in [2.45, 2.75) is 25.2 Å². The molecule has 0 radical (unpaired) electrons. The highest BCUT2D eigenvalue weighted by Crippen LogP contribution is 2.13. The van der Waals surface area contributed by atoms with Crippen LogP contribution in [0.4, 0.5) is 0 Å². The molecule has 4 heteroatoms. The Bertz CT molecular complexity index is 198. The average Bonchev–Trinajstić information content (AvgIpc) is 2.10. The number of carbonyl (C=O) groups excluding carboxylic acids is 1. The largest absolute Gasteiger partial charge is 0.392 e. The first-order valence-electron chi connectivity index (χ1n) is 4.07. The Balaban J connectivity index is 3.53. The van der Waals surface area contributed by atoms with Crippen LogP contribution in [0.15, 0.2) is 0 Å². The molecule has 2 N–H and O–H groups in total. The standard InChI is InChI=1S/C9H15NO2S/c1-4-5-10-9(12)6-13-8(3)7(2)11/h1,7-8,11H,5-6H2,2-3H3,(H,10,12). The smallest absolute Gasteiger partial charge is 0.230 e. The first-order chi connectivity index (χ1) is 6.07. The number of hydrogen-bond donors (Lipinski definition) is 2. The Morgan fingerprint density at radius 1 is 1.69 bits per heavy atom. The van der Waals surface area contributed by atoms with E-state index in [9.17, 15) is 4.79 Å². The average molecular weight is 201 g/mol. The van der Waals surface area contributed by atoms with Crippen LogP contribution >= 0.6 is 11.8 Å². The van der Waals surface area contributed by atoms with Gasteiger partial charge in [0.05, 0.1) is 18.4 Å². The molecule has 13 heavy (non-hydrogen) atoms. The molecular weight excluding hydrogens is 186 g/mol. The van der Waals surface area contributed by atoms with Gasteiger partial charge in [0.1, 0.15) is 0 Å². The Hall–Kier alpha value is -0.660. The lowest BCUT2D eigenvalue weighted by Crippen LogP contribution is -2.27. The SMILES string of the molecule is C#CCNC(=O)CSC(C)C(C)O. The lowest BCUT2D eigenvalue weighted by molar-refractivity contribution is -0.118. The van der Waals surface area contributed by atoms with Crippen molar-refractivity contribution in [3.8, 4) is 12.3 Å². The van der Waals surface area contributed by atoms with Gasteiger partial charge >= 0.3 is 0 Å². The highest BCUT2D eigenvalue weighted by Gasteiger charge is 2.10. The predicted molar refractivity (Wildman–Crippen MR) is 55.4 cm³/mol. The van der Waals surface area contributed by atoms with Crippen LogP contribution < -0.4 is 5.32 Å². The molecule has 0 aromatic rings. The molecule has 1 amide bonds. The van der Waals surface area contributed by atoms with E-state index in [1.54, 1.807) is 6.92 Å². The molecule has 2 atom stereocenters. The molecule has 0 bridgehead atoms. The number of aliphatic hydroxyl groups is 1. The van der Waals surface area contributed by atoms with E-state index in [2.05, 4.69) is 11.2 Å². The molecule has 0 saturated carbocycles. The van der Waals surface area contributed by atoms with Crippen LogP contribution in [0, 0.1) is 12.3 Å². The molecule has 0 spiro atoms.